The summed E-state index contributed by atoms with van der Waals surface area (Å²) in [6.45, 7) is 4.40. The quantitative estimate of drug-likeness (QED) is 0.587. The number of anilines is 1. The molecule has 1 atom stereocenters. The van der Waals surface area contributed by atoms with E-state index in [4.69, 9.17) is 9.47 Å². The highest BCUT2D eigenvalue weighted by molar-refractivity contribution is 7.92. The van der Waals surface area contributed by atoms with Crippen LogP contribution in [0.1, 0.15) is 25.3 Å². The van der Waals surface area contributed by atoms with Crippen LogP contribution in [0.3, 0.4) is 0 Å². The van der Waals surface area contributed by atoms with Crippen molar-refractivity contribution in [3.63, 3.8) is 0 Å². The zero-order chi connectivity index (χ0) is 22.1. The number of carbonyl (C=O) groups is 1. The zero-order valence-electron chi connectivity index (χ0n) is 17.9. The van der Waals surface area contributed by atoms with Crippen LogP contribution in [0.5, 0.6) is 11.5 Å². The van der Waals surface area contributed by atoms with Gasteiger partial charge in [-0.3, -0.25) is 9.10 Å². The van der Waals surface area contributed by atoms with Gasteiger partial charge in [0.15, 0.2) is 0 Å². The van der Waals surface area contributed by atoms with E-state index in [9.17, 15) is 13.2 Å². The number of ether oxygens (including phenoxy) is 2. The molecular formula is C22H30N2O5S. The Kier molecular flexibility index (Phi) is 8.53. The van der Waals surface area contributed by atoms with Crippen molar-refractivity contribution in [1.82, 2.24) is 5.32 Å². The summed E-state index contributed by atoms with van der Waals surface area (Å²) in [5.41, 5.74) is 1.61. The van der Waals surface area contributed by atoms with Gasteiger partial charge in [-0.05, 0) is 44.5 Å². The Balaban J connectivity index is 1.84. The molecule has 30 heavy (non-hydrogen) atoms. The maximum absolute atomic E-state index is 12.2. The third kappa shape index (κ3) is 7.26. The normalized spacial score (nSPS) is 12.1. The van der Waals surface area contributed by atoms with E-state index in [1.54, 1.807) is 24.3 Å². The lowest BCUT2D eigenvalue weighted by atomic mass is 10.2. The Morgan fingerprint density at radius 3 is 2.43 bits per heavy atom. The monoisotopic (exact) mass is 434 g/mol. The molecule has 0 saturated carbocycles. The highest BCUT2D eigenvalue weighted by Gasteiger charge is 2.21. The Morgan fingerprint density at radius 2 is 1.80 bits per heavy atom. The molecule has 0 aliphatic heterocycles. The number of methoxy groups -OCH3 is 1. The summed E-state index contributed by atoms with van der Waals surface area (Å²) in [5.74, 6) is 1.07. The minimum atomic E-state index is -3.51. The number of carbonyl (C=O) groups excluding carboxylic acids is 1. The molecule has 2 rings (SSSR count). The summed E-state index contributed by atoms with van der Waals surface area (Å²) in [4.78, 5) is 12.2. The largest absolute Gasteiger partial charge is 0.495 e. The Labute approximate surface area is 179 Å². The smallest absolute Gasteiger partial charge is 0.232 e. The van der Waals surface area contributed by atoms with Gasteiger partial charge in [-0.25, -0.2) is 8.42 Å². The molecule has 7 nitrogen and oxygen atoms in total. The van der Waals surface area contributed by atoms with Gasteiger partial charge in [-0.15, -0.1) is 0 Å². The first kappa shape index (κ1) is 23.5. The average molecular weight is 435 g/mol. The van der Waals surface area contributed by atoms with Crippen molar-refractivity contribution in [2.24, 2.45) is 0 Å². The number of rotatable bonds is 11. The van der Waals surface area contributed by atoms with Crippen LogP contribution < -0.4 is 19.1 Å². The minimum Gasteiger partial charge on any atom is -0.495 e. The van der Waals surface area contributed by atoms with Crippen LogP contribution in [-0.4, -0.2) is 46.9 Å². The third-order valence-corrected chi connectivity index (χ3v) is 5.63. The maximum atomic E-state index is 12.2. The number of hydrogen-bond donors (Lipinski definition) is 1. The van der Waals surface area contributed by atoms with Crippen LogP contribution in [0.2, 0.25) is 0 Å². The van der Waals surface area contributed by atoms with Crippen LogP contribution in [0.15, 0.2) is 48.5 Å². The first-order valence-corrected chi connectivity index (χ1v) is 11.6. The fourth-order valence-corrected chi connectivity index (χ4v) is 3.90. The van der Waals surface area contributed by atoms with Crippen LogP contribution in [0.25, 0.3) is 0 Å². The van der Waals surface area contributed by atoms with E-state index in [1.165, 1.54) is 11.4 Å². The molecule has 8 heteroatoms. The van der Waals surface area contributed by atoms with Gasteiger partial charge in [0, 0.05) is 13.0 Å². The molecule has 0 aromatic heterocycles. The lowest BCUT2D eigenvalue weighted by Crippen LogP contribution is -2.37. The van der Waals surface area contributed by atoms with Crippen molar-refractivity contribution in [2.75, 3.05) is 30.8 Å². The average Bonchev–Trinajstić information content (AvgIpc) is 2.70. The number of amides is 1. The maximum Gasteiger partial charge on any atom is 0.232 e. The highest BCUT2D eigenvalue weighted by atomic mass is 32.2. The molecule has 0 fully saturated rings. The summed E-state index contributed by atoms with van der Waals surface area (Å²) in [6, 6.07) is 14.5. The highest BCUT2D eigenvalue weighted by Crippen LogP contribution is 2.29. The lowest BCUT2D eigenvalue weighted by Gasteiger charge is -2.24. The second kappa shape index (κ2) is 10.9. The first-order chi connectivity index (χ1) is 14.2. The van der Waals surface area contributed by atoms with Gasteiger partial charge in [0.25, 0.3) is 0 Å². The molecule has 0 saturated heterocycles. The van der Waals surface area contributed by atoms with Crippen LogP contribution >= 0.6 is 0 Å². The molecular weight excluding hydrogens is 404 g/mol. The topological polar surface area (TPSA) is 84.9 Å². The number of sulfonamides is 1. The van der Waals surface area contributed by atoms with Crippen molar-refractivity contribution in [1.29, 1.82) is 0 Å². The molecule has 2 aromatic carbocycles. The number of nitrogens with one attached hydrogen (secondary N) is 1. The molecule has 0 bridgehead atoms. The van der Waals surface area contributed by atoms with Gasteiger partial charge in [-0.2, -0.15) is 0 Å². The minimum absolute atomic E-state index is 0.150. The summed E-state index contributed by atoms with van der Waals surface area (Å²) < 4.78 is 36.7. The first-order valence-electron chi connectivity index (χ1n) is 9.80. The Morgan fingerprint density at radius 1 is 1.13 bits per heavy atom. The van der Waals surface area contributed by atoms with Gasteiger partial charge >= 0.3 is 0 Å². The standard InChI is InChI=1S/C22H30N2O5S/c1-17-11-13-19(14-12-17)29-16-18(2)23-22(25)10-7-15-24(30(4,26)27)20-8-5-6-9-21(20)28-3/h5-6,8-9,11-14,18H,7,10,15-16H2,1-4H3,(H,23,25). The van der Waals surface area contributed by atoms with E-state index < -0.39 is 10.0 Å². The SMILES string of the molecule is COc1ccccc1N(CCCC(=O)NC(C)COc1ccc(C)cc1)S(C)(=O)=O. The van der Waals surface area contributed by atoms with Crippen LogP contribution in [0.4, 0.5) is 5.69 Å². The van der Waals surface area contributed by atoms with E-state index >= 15 is 0 Å². The predicted molar refractivity (Wildman–Crippen MR) is 119 cm³/mol. The molecule has 1 N–H and O–H groups in total. The second-order valence-electron chi connectivity index (χ2n) is 7.20. The van der Waals surface area contributed by atoms with E-state index in [1.807, 2.05) is 38.1 Å². The fraction of sp³-hybridized carbons (Fsp3) is 0.409. The molecule has 0 aliphatic rings. The zero-order valence-corrected chi connectivity index (χ0v) is 18.7. The lowest BCUT2D eigenvalue weighted by molar-refractivity contribution is -0.121. The predicted octanol–water partition coefficient (Wildman–Crippen LogP) is 3.13. The molecule has 0 aliphatic carbocycles. The van der Waals surface area contributed by atoms with Gasteiger partial charge < -0.3 is 14.8 Å². The van der Waals surface area contributed by atoms with E-state index in [0.29, 0.717) is 24.5 Å². The van der Waals surface area contributed by atoms with Crippen molar-refractivity contribution >= 4 is 21.6 Å². The van der Waals surface area contributed by atoms with E-state index in [0.717, 1.165) is 17.6 Å². The van der Waals surface area contributed by atoms with Crippen molar-refractivity contribution in [2.45, 2.75) is 32.7 Å². The second-order valence-corrected chi connectivity index (χ2v) is 9.11. The Bertz CT molecular complexity index is 929. The van der Waals surface area contributed by atoms with Gasteiger partial charge in [0.1, 0.15) is 18.1 Å². The van der Waals surface area contributed by atoms with Crippen molar-refractivity contribution in [3.05, 3.63) is 54.1 Å². The molecule has 1 unspecified atom stereocenters. The number of nitrogens with zero attached hydrogens (tertiary/aromatic N) is 1. The fourth-order valence-electron chi connectivity index (χ4n) is 2.93. The Hall–Kier alpha value is -2.74. The number of hydrogen-bond acceptors (Lipinski definition) is 5. The molecule has 0 radical (unpaired) electrons. The number of aryl methyl sites for hydroxylation is 1. The summed E-state index contributed by atoms with van der Waals surface area (Å²) in [6.07, 6.45) is 1.72. The molecule has 0 heterocycles. The number of benzene rings is 2. The van der Waals surface area contributed by atoms with E-state index in [2.05, 4.69) is 5.32 Å². The van der Waals surface area contributed by atoms with Crippen molar-refractivity contribution < 1.29 is 22.7 Å². The van der Waals surface area contributed by atoms with Gasteiger partial charge in [0.05, 0.1) is 25.1 Å². The van der Waals surface area contributed by atoms with Gasteiger partial charge in [-0.1, -0.05) is 29.8 Å². The summed E-state index contributed by atoms with van der Waals surface area (Å²) in [7, 11) is -2.02. The molecule has 0 spiro atoms. The van der Waals surface area contributed by atoms with E-state index in [-0.39, 0.29) is 24.9 Å². The number of para-hydroxylation sites is 2. The molecule has 1 amide bonds. The van der Waals surface area contributed by atoms with Crippen LogP contribution in [0, 0.1) is 6.92 Å². The molecule has 164 valence electrons. The summed E-state index contributed by atoms with van der Waals surface area (Å²) >= 11 is 0. The summed E-state index contributed by atoms with van der Waals surface area (Å²) in [5, 5.41) is 2.88. The molecule has 2 aromatic rings. The van der Waals surface area contributed by atoms with Gasteiger partial charge in [0.2, 0.25) is 15.9 Å². The third-order valence-electron chi connectivity index (χ3n) is 4.45. The van der Waals surface area contributed by atoms with Crippen LogP contribution in [-0.2, 0) is 14.8 Å². The van der Waals surface area contributed by atoms with Crippen molar-refractivity contribution in [3.8, 4) is 11.5 Å².